The van der Waals surface area contributed by atoms with Crippen LogP contribution in [0.1, 0.15) is 0 Å². The van der Waals surface area contributed by atoms with E-state index < -0.39 is 52.6 Å². The van der Waals surface area contributed by atoms with E-state index in [9.17, 15) is 30.7 Å². The summed E-state index contributed by atoms with van der Waals surface area (Å²) in [5.41, 5.74) is -2.18. The summed E-state index contributed by atoms with van der Waals surface area (Å²) in [7, 11) is 0. The molecule has 0 bridgehead atoms. The van der Waals surface area contributed by atoms with Crippen molar-refractivity contribution in [2.24, 2.45) is 0 Å². The van der Waals surface area contributed by atoms with Crippen molar-refractivity contribution in [3.05, 3.63) is 47.5 Å². The highest BCUT2D eigenvalue weighted by Gasteiger charge is 2.28. The number of hydrogen-bond acceptors (Lipinski definition) is 2. The Bertz CT molecular complexity index is 661. The van der Waals surface area contributed by atoms with Crippen LogP contribution in [0.4, 0.5) is 30.7 Å². The van der Waals surface area contributed by atoms with E-state index in [1.54, 1.807) is 0 Å². The zero-order valence-corrected chi connectivity index (χ0v) is 9.81. The minimum absolute atomic E-state index is 0.649. The molecule has 0 aliphatic rings. The van der Waals surface area contributed by atoms with Crippen molar-refractivity contribution in [2.45, 2.75) is 6.61 Å². The summed E-state index contributed by atoms with van der Waals surface area (Å²) >= 11 is 0. The molecule has 0 saturated carbocycles. The maximum absolute atomic E-state index is 13.6. The third-order valence-corrected chi connectivity index (χ3v) is 2.48. The molecule has 0 amide bonds. The SMILES string of the molecule is Fc1c(F)c(F)c(-c2cnccc2OC(F)F)c(F)c1F. The minimum atomic E-state index is -3.35. The lowest BCUT2D eigenvalue weighted by atomic mass is 10.0. The topological polar surface area (TPSA) is 22.1 Å². The Kier molecular flexibility index (Phi) is 4.01. The van der Waals surface area contributed by atoms with Gasteiger partial charge in [-0.2, -0.15) is 8.78 Å². The van der Waals surface area contributed by atoms with Crippen molar-refractivity contribution in [1.82, 2.24) is 4.98 Å². The van der Waals surface area contributed by atoms with Crippen molar-refractivity contribution >= 4 is 0 Å². The van der Waals surface area contributed by atoms with Crippen LogP contribution < -0.4 is 4.74 Å². The average Bonchev–Trinajstić information content (AvgIpc) is 2.44. The summed E-state index contributed by atoms with van der Waals surface area (Å²) in [6.07, 6.45) is 1.60. The molecule has 0 N–H and O–H groups in total. The lowest BCUT2D eigenvalue weighted by molar-refractivity contribution is -0.0495. The fourth-order valence-corrected chi connectivity index (χ4v) is 1.61. The number of hydrogen-bond donors (Lipinski definition) is 0. The minimum Gasteiger partial charge on any atom is -0.434 e. The number of pyridine rings is 1. The van der Waals surface area contributed by atoms with Gasteiger partial charge in [-0.15, -0.1) is 0 Å². The highest BCUT2D eigenvalue weighted by Crippen LogP contribution is 2.36. The number of rotatable bonds is 3. The number of halogens is 7. The van der Waals surface area contributed by atoms with Crippen molar-refractivity contribution in [2.75, 3.05) is 0 Å². The fourth-order valence-electron chi connectivity index (χ4n) is 1.61. The van der Waals surface area contributed by atoms with Crippen LogP contribution in [0.25, 0.3) is 11.1 Å². The molecule has 0 aliphatic carbocycles. The van der Waals surface area contributed by atoms with E-state index in [1.165, 1.54) is 0 Å². The molecule has 0 aliphatic heterocycles. The monoisotopic (exact) mass is 311 g/mol. The van der Waals surface area contributed by atoms with Crippen LogP contribution in [-0.2, 0) is 0 Å². The van der Waals surface area contributed by atoms with Crippen LogP contribution in [0.3, 0.4) is 0 Å². The Hall–Kier alpha value is -2.32. The number of ether oxygens (including phenoxy) is 1. The van der Waals surface area contributed by atoms with Gasteiger partial charge in [0.05, 0.1) is 5.56 Å². The van der Waals surface area contributed by atoms with E-state index in [0.717, 1.165) is 12.3 Å². The average molecular weight is 311 g/mol. The molecule has 112 valence electrons. The Morgan fingerprint density at radius 1 is 0.857 bits per heavy atom. The van der Waals surface area contributed by atoms with E-state index in [2.05, 4.69) is 9.72 Å². The van der Waals surface area contributed by atoms with E-state index in [0.29, 0.717) is 6.20 Å². The predicted octanol–water partition coefficient (Wildman–Crippen LogP) is 4.05. The zero-order valence-electron chi connectivity index (χ0n) is 9.81. The molecule has 2 rings (SSSR count). The second-order valence-electron chi connectivity index (χ2n) is 3.70. The molecular weight excluding hydrogens is 307 g/mol. The molecule has 2 aromatic rings. The zero-order chi connectivity index (χ0) is 15.7. The van der Waals surface area contributed by atoms with Gasteiger partial charge in [-0.25, -0.2) is 22.0 Å². The highest BCUT2D eigenvalue weighted by atomic mass is 19.3. The third-order valence-electron chi connectivity index (χ3n) is 2.48. The second-order valence-corrected chi connectivity index (χ2v) is 3.70. The van der Waals surface area contributed by atoms with E-state index >= 15 is 0 Å². The van der Waals surface area contributed by atoms with Gasteiger partial charge in [-0.3, -0.25) is 4.98 Å². The van der Waals surface area contributed by atoms with Crippen LogP contribution in [0.5, 0.6) is 5.75 Å². The molecule has 1 aromatic heterocycles. The molecule has 0 unspecified atom stereocenters. The van der Waals surface area contributed by atoms with Crippen LogP contribution in [0.2, 0.25) is 0 Å². The Morgan fingerprint density at radius 2 is 1.38 bits per heavy atom. The summed E-state index contributed by atoms with van der Waals surface area (Å²) in [5, 5.41) is 0. The molecule has 0 saturated heterocycles. The highest BCUT2D eigenvalue weighted by molar-refractivity contribution is 5.70. The fraction of sp³-hybridized carbons (Fsp3) is 0.0833. The third kappa shape index (κ3) is 2.63. The molecule has 2 nitrogen and oxygen atoms in total. The van der Waals surface area contributed by atoms with Gasteiger partial charge in [0.1, 0.15) is 5.75 Å². The number of alkyl halides is 2. The molecule has 9 heteroatoms. The molecule has 21 heavy (non-hydrogen) atoms. The van der Waals surface area contributed by atoms with Crippen molar-refractivity contribution in [3.63, 3.8) is 0 Å². The van der Waals surface area contributed by atoms with Crippen LogP contribution in [-0.4, -0.2) is 11.6 Å². The Morgan fingerprint density at radius 3 is 1.90 bits per heavy atom. The normalized spacial score (nSPS) is 11.0. The smallest absolute Gasteiger partial charge is 0.387 e. The summed E-state index contributed by atoms with van der Waals surface area (Å²) < 4.78 is 94.8. The summed E-state index contributed by atoms with van der Waals surface area (Å²) in [5.74, 6) is -11.9. The van der Waals surface area contributed by atoms with Crippen molar-refractivity contribution in [1.29, 1.82) is 0 Å². The molecule has 0 fully saturated rings. The van der Waals surface area contributed by atoms with Gasteiger partial charge in [0.15, 0.2) is 23.3 Å². The Balaban J connectivity index is 2.74. The standard InChI is InChI=1S/C12H4F7NO/c13-7-6(8(14)10(16)11(17)9(7)15)4-3-20-2-1-5(4)21-12(18)19/h1-3,12H. The van der Waals surface area contributed by atoms with Gasteiger partial charge in [0, 0.05) is 18.0 Å². The first-order chi connectivity index (χ1) is 9.84. The predicted molar refractivity (Wildman–Crippen MR) is 56.1 cm³/mol. The first-order valence-corrected chi connectivity index (χ1v) is 5.25. The first-order valence-electron chi connectivity index (χ1n) is 5.25. The van der Waals surface area contributed by atoms with Crippen LogP contribution in [0, 0.1) is 29.1 Å². The molecule has 1 heterocycles. The van der Waals surface area contributed by atoms with Gasteiger partial charge in [-0.1, -0.05) is 0 Å². The second kappa shape index (κ2) is 5.58. The molecule has 0 spiro atoms. The van der Waals surface area contributed by atoms with Gasteiger partial charge in [0.2, 0.25) is 5.82 Å². The summed E-state index contributed by atoms with van der Waals surface area (Å²) in [6.45, 7) is -3.35. The van der Waals surface area contributed by atoms with E-state index in [-0.39, 0.29) is 0 Å². The first kappa shape index (κ1) is 15.1. The lowest BCUT2D eigenvalue weighted by Gasteiger charge is -2.12. The molecular formula is C12H4F7NO. The van der Waals surface area contributed by atoms with Gasteiger partial charge in [0.25, 0.3) is 0 Å². The van der Waals surface area contributed by atoms with Crippen molar-refractivity contribution in [3.8, 4) is 16.9 Å². The van der Waals surface area contributed by atoms with Gasteiger partial charge in [-0.05, 0) is 6.07 Å². The lowest BCUT2D eigenvalue weighted by Crippen LogP contribution is -2.07. The Labute approximate surface area is 112 Å². The van der Waals surface area contributed by atoms with E-state index in [1.807, 2.05) is 0 Å². The number of benzene rings is 1. The van der Waals surface area contributed by atoms with Gasteiger partial charge >= 0.3 is 6.61 Å². The largest absolute Gasteiger partial charge is 0.434 e. The number of aromatic nitrogens is 1. The molecule has 0 atom stereocenters. The van der Waals surface area contributed by atoms with Crippen molar-refractivity contribution < 1.29 is 35.5 Å². The summed E-state index contributed by atoms with van der Waals surface area (Å²) in [4.78, 5) is 3.40. The van der Waals surface area contributed by atoms with E-state index in [4.69, 9.17) is 0 Å². The van der Waals surface area contributed by atoms with Crippen LogP contribution >= 0.6 is 0 Å². The quantitative estimate of drug-likeness (QED) is 0.485. The number of nitrogens with zero attached hydrogens (tertiary/aromatic N) is 1. The van der Waals surface area contributed by atoms with Crippen LogP contribution in [0.15, 0.2) is 18.5 Å². The molecule has 0 radical (unpaired) electrons. The maximum Gasteiger partial charge on any atom is 0.387 e. The maximum atomic E-state index is 13.6. The summed E-state index contributed by atoms with van der Waals surface area (Å²) in [6, 6.07) is 0.805. The van der Waals surface area contributed by atoms with Gasteiger partial charge < -0.3 is 4.74 Å². The molecule has 1 aromatic carbocycles.